The van der Waals surface area contributed by atoms with Crippen LogP contribution in [0.2, 0.25) is 0 Å². The average Bonchev–Trinajstić information content (AvgIpc) is 2.62. The summed E-state index contributed by atoms with van der Waals surface area (Å²) in [5.41, 5.74) is 1.06. The lowest BCUT2D eigenvalue weighted by molar-refractivity contribution is -0.385. The molecule has 0 saturated carbocycles. The Morgan fingerprint density at radius 1 is 0.885 bits per heavy atom. The summed E-state index contributed by atoms with van der Waals surface area (Å²) in [5, 5.41) is 31.2. The van der Waals surface area contributed by atoms with Crippen molar-refractivity contribution in [2.24, 2.45) is 9.98 Å². The molecule has 0 unspecified atom stereocenters. The van der Waals surface area contributed by atoms with Gasteiger partial charge in [-0.3, -0.25) is 30.2 Å². The van der Waals surface area contributed by atoms with Crippen LogP contribution in [-0.2, 0) is 0 Å². The fraction of sp³-hybridized carbons (Fsp3) is 0.176. The Morgan fingerprint density at radius 2 is 1.31 bits per heavy atom. The second-order valence-electron chi connectivity index (χ2n) is 5.35. The van der Waals surface area contributed by atoms with E-state index in [0.29, 0.717) is 11.1 Å². The maximum absolute atomic E-state index is 10.7. The summed E-state index contributed by atoms with van der Waals surface area (Å²) in [6.45, 7) is 0.157. The number of aliphatic imine (C=N–C) groups is 2. The van der Waals surface area contributed by atoms with Gasteiger partial charge < -0.3 is 5.11 Å². The summed E-state index contributed by atoms with van der Waals surface area (Å²) in [5.74, 6) is 0. The Bertz CT molecular complexity index is 781. The first-order valence-electron chi connectivity index (χ1n) is 7.62. The van der Waals surface area contributed by atoms with E-state index in [1.54, 1.807) is 24.3 Å². The molecule has 0 bridgehead atoms. The molecule has 2 aromatic carbocycles. The highest BCUT2D eigenvalue weighted by Crippen LogP contribution is 2.12. The fourth-order valence-electron chi connectivity index (χ4n) is 2.05. The first kappa shape index (κ1) is 18.9. The molecule has 2 aromatic rings. The SMILES string of the molecule is O=[N+]([O-])c1cccc(C=NCC(O)CN=Cc2cccc([N+](=O)[O-])c2)c1. The Labute approximate surface area is 148 Å². The molecule has 0 spiro atoms. The fourth-order valence-corrected chi connectivity index (χ4v) is 2.05. The minimum Gasteiger partial charge on any atom is -0.389 e. The van der Waals surface area contributed by atoms with E-state index in [0.717, 1.165) is 0 Å². The molecule has 1 N–H and O–H groups in total. The van der Waals surface area contributed by atoms with Crippen LogP contribution in [-0.4, -0.2) is 46.6 Å². The van der Waals surface area contributed by atoms with Gasteiger partial charge in [0.05, 0.1) is 29.0 Å². The van der Waals surface area contributed by atoms with E-state index in [1.165, 1.54) is 36.7 Å². The lowest BCUT2D eigenvalue weighted by Crippen LogP contribution is -2.15. The molecule has 26 heavy (non-hydrogen) atoms. The molecule has 0 radical (unpaired) electrons. The minimum atomic E-state index is -0.833. The molecule has 0 aliphatic rings. The van der Waals surface area contributed by atoms with E-state index in [9.17, 15) is 25.3 Å². The van der Waals surface area contributed by atoms with Crippen LogP contribution < -0.4 is 0 Å². The van der Waals surface area contributed by atoms with Crippen LogP contribution in [0, 0.1) is 20.2 Å². The van der Waals surface area contributed by atoms with Gasteiger partial charge in [0.1, 0.15) is 0 Å². The van der Waals surface area contributed by atoms with Crippen molar-refractivity contribution < 1.29 is 15.0 Å². The lowest BCUT2D eigenvalue weighted by Gasteiger charge is -2.03. The maximum Gasteiger partial charge on any atom is 0.270 e. The number of hydrogen-bond donors (Lipinski definition) is 1. The van der Waals surface area contributed by atoms with Crippen LogP contribution in [0.3, 0.4) is 0 Å². The van der Waals surface area contributed by atoms with Crippen LogP contribution in [0.15, 0.2) is 58.5 Å². The number of rotatable bonds is 8. The van der Waals surface area contributed by atoms with Crippen LogP contribution >= 0.6 is 0 Å². The van der Waals surface area contributed by atoms with Crippen LogP contribution in [0.1, 0.15) is 11.1 Å². The van der Waals surface area contributed by atoms with Crippen molar-refractivity contribution in [2.75, 3.05) is 13.1 Å². The smallest absolute Gasteiger partial charge is 0.270 e. The topological polar surface area (TPSA) is 131 Å². The number of nitrogens with zero attached hydrogens (tertiary/aromatic N) is 4. The summed E-state index contributed by atoms with van der Waals surface area (Å²) in [4.78, 5) is 28.5. The highest BCUT2D eigenvalue weighted by atomic mass is 16.6. The zero-order valence-corrected chi connectivity index (χ0v) is 13.6. The lowest BCUT2D eigenvalue weighted by atomic mass is 10.2. The van der Waals surface area contributed by atoms with Crippen molar-refractivity contribution in [3.8, 4) is 0 Å². The van der Waals surface area contributed by atoms with E-state index in [4.69, 9.17) is 0 Å². The third-order valence-corrected chi connectivity index (χ3v) is 3.28. The normalized spacial score (nSPS) is 12.5. The molecule has 2 rings (SSSR count). The molecule has 0 atom stereocenters. The number of nitro benzene ring substituents is 2. The van der Waals surface area contributed by atoms with Gasteiger partial charge in [0.25, 0.3) is 11.4 Å². The zero-order valence-electron chi connectivity index (χ0n) is 13.6. The van der Waals surface area contributed by atoms with E-state index in [-0.39, 0.29) is 24.5 Å². The van der Waals surface area contributed by atoms with E-state index in [1.807, 2.05) is 0 Å². The van der Waals surface area contributed by atoms with Gasteiger partial charge >= 0.3 is 0 Å². The van der Waals surface area contributed by atoms with E-state index >= 15 is 0 Å². The molecule has 0 aromatic heterocycles. The monoisotopic (exact) mass is 356 g/mol. The molecule has 0 amide bonds. The van der Waals surface area contributed by atoms with Crippen LogP contribution in [0.4, 0.5) is 11.4 Å². The summed E-state index contributed by atoms with van der Waals surface area (Å²) in [6.07, 6.45) is 2.06. The average molecular weight is 356 g/mol. The summed E-state index contributed by atoms with van der Waals surface area (Å²) in [6, 6.07) is 12.0. The number of benzene rings is 2. The van der Waals surface area contributed by atoms with Crippen LogP contribution in [0.5, 0.6) is 0 Å². The van der Waals surface area contributed by atoms with Gasteiger partial charge in [-0.15, -0.1) is 0 Å². The zero-order chi connectivity index (χ0) is 18.9. The van der Waals surface area contributed by atoms with Gasteiger partial charge in [0.15, 0.2) is 0 Å². The minimum absolute atomic E-state index is 0.0314. The number of hydrogen-bond acceptors (Lipinski definition) is 7. The molecule has 0 aliphatic carbocycles. The van der Waals surface area contributed by atoms with E-state index in [2.05, 4.69) is 9.98 Å². The van der Waals surface area contributed by atoms with Gasteiger partial charge in [-0.05, 0) is 11.1 Å². The number of non-ortho nitro benzene ring substituents is 2. The Morgan fingerprint density at radius 3 is 1.69 bits per heavy atom. The third-order valence-electron chi connectivity index (χ3n) is 3.28. The third kappa shape index (κ3) is 5.87. The number of aliphatic hydroxyl groups is 1. The van der Waals surface area contributed by atoms with Crippen molar-refractivity contribution in [3.63, 3.8) is 0 Å². The molecule has 9 heteroatoms. The van der Waals surface area contributed by atoms with Gasteiger partial charge in [-0.1, -0.05) is 24.3 Å². The van der Waals surface area contributed by atoms with Gasteiger partial charge in [0, 0.05) is 36.7 Å². The predicted octanol–water partition coefficient (Wildman–Crippen LogP) is 2.40. The highest BCUT2D eigenvalue weighted by molar-refractivity contribution is 5.81. The molecule has 0 fully saturated rings. The maximum atomic E-state index is 10.7. The van der Waals surface area contributed by atoms with Crippen molar-refractivity contribution >= 4 is 23.8 Å². The molecule has 0 heterocycles. The highest BCUT2D eigenvalue weighted by Gasteiger charge is 2.06. The largest absolute Gasteiger partial charge is 0.389 e. The molecule has 9 nitrogen and oxygen atoms in total. The quantitative estimate of drug-likeness (QED) is 0.441. The van der Waals surface area contributed by atoms with Crippen molar-refractivity contribution in [1.82, 2.24) is 0 Å². The molecular weight excluding hydrogens is 340 g/mol. The number of nitro groups is 2. The molecular formula is C17H16N4O5. The second kappa shape index (κ2) is 9.14. The molecule has 0 aliphatic heterocycles. The Hall–Kier alpha value is -3.46. The molecule has 0 saturated heterocycles. The van der Waals surface area contributed by atoms with Crippen LogP contribution in [0.25, 0.3) is 0 Å². The molecule has 134 valence electrons. The Kier molecular flexibility index (Phi) is 6.63. The van der Waals surface area contributed by atoms with Gasteiger partial charge in [-0.2, -0.15) is 0 Å². The van der Waals surface area contributed by atoms with Gasteiger partial charge in [0.2, 0.25) is 0 Å². The Balaban J connectivity index is 1.86. The predicted molar refractivity (Wildman–Crippen MR) is 97.1 cm³/mol. The van der Waals surface area contributed by atoms with Gasteiger partial charge in [-0.25, -0.2) is 0 Å². The number of aliphatic hydroxyl groups excluding tert-OH is 1. The summed E-state index contributed by atoms with van der Waals surface area (Å²) in [7, 11) is 0. The summed E-state index contributed by atoms with van der Waals surface area (Å²) < 4.78 is 0. The first-order valence-corrected chi connectivity index (χ1v) is 7.62. The second-order valence-corrected chi connectivity index (χ2v) is 5.35. The standard InChI is InChI=1S/C17H16N4O5/c22-17(11-18-9-13-3-1-5-15(7-13)20(23)24)12-19-10-14-4-2-6-16(8-14)21(25)26/h1-10,17,22H,11-12H2. The van der Waals surface area contributed by atoms with Crippen molar-refractivity contribution in [2.45, 2.75) is 6.10 Å². The first-order chi connectivity index (χ1) is 12.5. The van der Waals surface area contributed by atoms with Crippen molar-refractivity contribution in [1.29, 1.82) is 0 Å². The van der Waals surface area contributed by atoms with Crippen molar-refractivity contribution in [3.05, 3.63) is 79.9 Å². The van der Waals surface area contributed by atoms with E-state index < -0.39 is 16.0 Å². The summed E-state index contributed by atoms with van der Waals surface area (Å²) >= 11 is 0.